The van der Waals surface area contributed by atoms with E-state index >= 15 is 0 Å². The predicted molar refractivity (Wildman–Crippen MR) is 72.9 cm³/mol. The molecule has 0 atom stereocenters. The van der Waals surface area contributed by atoms with Gasteiger partial charge in [-0.15, -0.1) is 0 Å². The van der Waals surface area contributed by atoms with Crippen molar-refractivity contribution in [2.45, 2.75) is 13.3 Å². The number of carbonyl (C=O) groups is 2. The first kappa shape index (κ1) is 13.9. The Morgan fingerprint density at radius 3 is 2.45 bits per heavy atom. The van der Waals surface area contributed by atoms with Crippen molar-refractivity contribution in [1.82, 2.24) is 5.32 Å². The molecule has 2 N–H and O–H groups in total. The number of aryl methyl sites for hydroxylation is 1. The van der Waals surface area contributed by atoms with E-state index in [4.69, 9.17) is 9.52 Å². The van der Waals surface area contributed by atoms with E-state index in [2.05, 4.69) is 5.32 Å². The normalized spacial score (nSPS) is 10.2. The van der Waals surface area contributed by atoms with E-state index in [1.54, 1.807) is 37.3 Å². The lowest BCUT2D eigenvalue weighted by Crippen LogP contribution is -2.25. The third-order valence-corrected chi connectivity index (χ3v) is 2.89. The highest BCUT2D eigenvalue weighted by molar-refractivity contribution is 5.93. The van der Waals surface area contributed by atoms with Gasteiger partial charge in [-0.2, -0.15) is 0 Å². The topological polar surface area (TPSA) is 79.5 Å². The Hall–Kier alpha value is -2.56. The van der Waals surface area contributed by atoms with Crippen molar-refractivity contribution in [3.63, 3.8) is 0 Å². The molecule has 0 bridgehead atoms. The van der Waals surface area contributed by atoms with Gasteiger partial charge in [0.05, 0.1) is 11.1 Å². The molecule has 20 heavy (non-hydrogen) atoms. The van der Waals surface area contributed by atoms with Gasteiger partial charge in [-0.1, -0.05) is 12.1 Å². The van der Waals surface area contributed by atoms with Crippen LogP contribution in [0.2, 0.25) is 0 Å². The molecule has 2 aromatic rings. The highest BCUT2D eigenvalue weighted by Crippen LogP contribution is 2.07. The van der Waals surface area contributed by atoms with Crippen LogP contribution in [0, 0.1) is 6.92 Å². The first-order valence-electron chi connectivity index (χ1n) is 6.22. The number of aromatic carboxylic acids is 1. The summed E-state index contributed by atoms with van der Waals surface area (Å²) in [5.41, 5.74) is 1.73. The Kier molecular flexibility index (Phi) is 4.20. The van der Waals surface area contributed by atoms with Crippen LogP contribution in [-0.4, -0.2) is 23.5 Å². The molecule has 5 nitrogen and oxygen atoms in total. The van der Waals surface area contributed by atoms with Crippen LogP contribution < -0.4 is 5.32 Å². The first-order chi connectivity index (χ1) is 9.56. The maximum atomic E-state index is 11.7. The lowest BCUT2D eigenvalue weighted by molar-refractivity contribution is 0.0696. The number of carboxylic acid groups (broad SMARTS) is 1. The second-order valence-electron chi connectivity index (χ2n) is 4.45. The van der Waals surface area contributed by atoms with Crippen LogP contribution in [0.4, 0.5) is 0 Å². The summed E-state index contributed by atoms with van der Waals surface area (Å²) in [6.45, 7) is 2.26. The highest BCUT2D eigenvalue weighted by atomic mass is 16.4. The number of hydrogen-bond acceptors (Lipinski definition) is 3. The summed E-state index contributed by atoms with van der Waals surface area (Å²) in [6.07, 6.45) is 2.06. The number of hydrogen-bond donors (Lipinski definition) is 2. The van der Waals surface area contributed by atoms with Gasteiger partial charge in [0.15, 0.2) is 0 Å². The molecule has 0 aliphatic carbocycles. The minimum atomic E-state index is -0.944. The molecule has 0 saturated carbocycles. The zero-order chi connectivity index (χ0) is 14.5. The molecule has 1 amide bonds. The highest BCUT2D eigenvalue weighted by Gasteiger charge is 2.08. The summed E-state index contributed by atoms with van der Waals surface area (Å²) in [4.78, 5) is 22.5. The monoisotopic (exact) mass is 273 g/mol. The molecule has 0 radical (unpaired) electrons. The molecular formula is C15H15NO4. The number of nitrogens with one attached hydrogen (secondary N) is 1. The predicted octanol–water partition coefficient (Wildman–Crippen LogP) is 2.26. The van der Waals surface area contributed by atoms with Gasteiger partial charge < -0.3 is 14.8 Å². The lowest BCUT2D eigenvalue weighted by atomic mass is 10.1. The van der Waals surface area contributed by atoms with Gasteiger partial charge in [0.2, 0.25) is 0 Å². The van der Waals surface area contributed by atoms with Gasteiger partial charge in [-0.25, -0.2) is 4.79 Å². The van der Waals surface area contributed by atoms with E-state index in [0.29, 0.717) is 24.3 Å². The van der Waals surface area contributed by atoms with E-state index in [1.165, 1.54) is 6.26 Å². The Morgan fingerprint density at radius 2 is 1.90 bits per heavy atom. The molecule has 0 fully saturated rings. The van der Waals surface area contributed by atoms with Crippen molar-refractivity contribution in [2.75, 3.05) is 6.54 Å². The zero-order valence-electron chi connectivity index (χ0n) is 11.1. The summed E-state index contributed by atoms with van der Waals surface area (Å²) in [5.74, 6) is -0.427. The van der Waals surface area contributed by atoms with Crippen LogP contribution in [0.3, 0.4) is 0 Å². The van der Waals surface area contributed by atoms with Crippen LogP contribution in [0.5, 0.6) is 0 Å². The molecule has 0 saturated heterocycles. The number of amides is 1. The zero-order valence-corrected chi connectivity index (χ0v) is 11.1. The van der Waals surface area contributed by atoms with Crippen LogP contribution in [0.25, 0.3) is 0 Å². The van der Waals surface area contributed by atoms with Crippen molar-refractivity contribution >= 4 is 11.9 Å². The van der Waals surface area contributed by atoms with Gasteiger partial charge >= 0.3 is 5.97 Å². The first-order valence-corrected chi connectivity index (χ1v) is 6.22. The molecule has 1 heterocycles. The van der Waals surface area contributed by atoms with E-state index in [9.17, 15) is 9.59 Å². The summed E-state index contributed by atoms with van der Waals surface area (Å²) in [6, 6.07) is 8.28. The second kappa shape index (κ2) is 6.06. The lowest BCUT2D eigenvalue weighted by Gasteiger charge is -2.04. The van der Waals surface area contributed by atoms with Crippen LogP contribution in [-0.2, 0) is 6.42 Å². The smallest absolute Gasteiger partial charge is 0.335 e. The molecule has 0 unspecified atom stereocenters. The fourth-order valence-corrected chi connectivity index (χ4v) is 1.80. The fraction of sp³-hybridized carbons (Fsp3) is 0.200. The quantitative estimate of drug-likeness (QED) is 0.875. The van der Waals surface area contributed by atoms with Gasteiger partial charge in [0.25, 0.3) is 5.91 Å². The van der Waals surface area contributed by atoms with Crippen LogP contribution in [0.1, 0.15) is 32.0 Å². The fourth-order valence-electron chi connectivity index (χ4n) is 1.80. The Balaban J connectivity index is 1.83. The average molecular weight is 273 g/mol. The van der Waals surface area contributed by atoms with Crippen molar-refractivity contribution in [3.8, 4) is 0 Å². The maximum Gasteiger partial charge on any atom is 0.335 e. The average Bonchev–Trinajstić information content (AvgIpc) is 2.86. The van der Waals surface area contributed by atoms with Crippen LogP contribution >= 0.6 is 0 Å². The van der Waals surface area contributed by atoms with Gasteiger partial charge in [-0.05, 0) is 37.1 Å². The minimum absolute atomic E-state index is 0.177. The SMILES string of the molecule is Cc1cc(C(=O)NCCc2ccc(C(=O)O)cc2)co1. The van der Waals surface area contributed by atoms with Crippen molar-refractivity contribution in [3.05, 3.63) is 59.0 Å². The van der Waals surface area contributed by atoms with Crippen molar-refractivity contribution in [2.24, 2.45) is 0 Å². The van der Waals surface area contributed by atoms with Gasteiger partial charge in [0, 0.05) is 6.54 Å². The number of carboxylic acids is 1. The molecule has 0 spiro atoms. The summed E-state index contributed by atoms with van der Waals surface area (Å²) in [5, 5.41) is 11.6. The maximum absolute atomic E-state index is 11.7. The van der Waals surface area contributed by atoms with Crippen molar-refractivity contribution in [1.29, 1.82) is 0 Å². The molecule has 1 aromatic heterocycles. The van der Waals surface area contributed by atoms with E-state index in [0.717, 1.165) is 5.56 Å². The number of benzene rings is 1. The molecule has 0 aliphatic rings. The second-order valence-corrected chi connectivity index (χ2v) is 4.45. The molecular weight excluding hydrogens is 258 g/mol. The molecule has 0 aliphatic heterocycles. The molecule has 2 rings (SSSR count). The largest absolute Gasteiger partial charge is 0.478 e. The van der Waals surface area contributed by atoms with Crippen molar-refractivity contribution < 1.29 is 19.1 Å². The summed E-state index contributed by atoms with van der Waals surface area (Å²) >= 11 is 0. The third kappa shape index (κ3) is 3.47. The van der Waals surface area contributed by atoms with E-state index in [1.807, 2.05) is 0 Å². The van der Waals surface area contributed by atoms with Gasteiger partial charge in [-0.3, -0.25) is 4.79 Å². The summed E-state index contributed by atoms with van der Waals surface area (Å²) in [7, 11) is 0. The number of carbonyl (C=O) groups excluding carboxylic acids is 1. The number of furan rings is 1. The Bertz CT molecular complexity index is 613. The Morgan fingerprint density at radius 1 is 1.20 bits per heavy atom. The molecule has 1 aromatic carbocycles. The van der Waals surface area contributed by atoms with E-state index in [-0.39, 0.29) is 11.5 Å². The van der Waals surface area contributed by atoms with Crippen LogP contribution in [0.15, 0.2) is 41.0 Å². The minimum Gasteiger partial charge on any atom is -0.478 e. The number of rotatable bonds is 5. The molecule has 104 valence electrons. The third-order valence-electron chi connectivity index (χ3n) is 2.89. The summed E-state index contributed by atoms with van der Waals surface area (Å²) < 4.78 is 5.07. The standard InChI is InChI=1S/C15H15NO4/c1-10-8-13(9-20-10)14(17)16-7-6-11-2-4-12(5-3-11)15(18)19/h2-5,8-9H,6-7H2,1H3,(H,16,17)(H,18,19). The van der Waals surface area contributed by atoms with Gasteiger partial charge in [0.1, 0.15) is 12.0 Å². The van der Waals surface area contributed by atoms with E-state index < -0.39 is 5.97 Å². The molecule has 5 heteroatoms. The Labute approximate surface area is 116 Å².